The maximum atomic E-state index is 12.6. The quantitative estimate of drug-likeness (QED) is 0.515. The largest absolute Gasteiger partial charge is 0.475 e. The van der Waals surface area contributed by atoms with E-state index in [-0.39, 0.29) is 27.8 Å². The van der Waals surface area contributed by atoms with Gasteiger partial charge in [-0.2, -0.15) is 0 Å². The van der Waals surface area contributed by atoms with Crippen molar-refractivity contribution in [2.45, 2.75) is 39.2 Å². The summed E-state index contributed by atoms with van der Waals surface area (Å²) in [5, 5.41) is 23.8. The van der Waals surface area contributed by atoms with E-state index in [1.54, 1.807) is 12.1 Å². The number of hydrogen-bond acceptors (Lipinski definition) is 6. The van der Waals surface area contributed by atoms with Crippen LogP contribution in [0.3, 0.4) is 0 Å². The molecule has 2 atom stereocenters. The van der Waals surface area contributed by atoms with Crippen molar-refractivity contribution >= 4 is 36.2 Å². The number of Topliss-reactive ketones (excluding diaryl/α,β-unsaturated/α-hetero) is 2. The van der Waals surface area contributed by atoms with Crippen LogP contribution in [0, 0.1) is 5.92 Å². The van der Waals surface area contributed by atoms with Crippen molar-refractivity contribution < 1.29 is 24.4 Å². The standard InChI is InChI=1S/C18H22BClN2O5/c1-9(2)8-13(19(26)27)22-18(25)10(3)21-15-14(20)16(23)11-6-4-5-7-12(11)17(15)24/h4-7,9-10,13,21,26-27H,8H2,1-3H3,(H,22,25)/t10-,13-/m0/s1. The molecule has 1 aliphatic carbocycles. The molecular weight excluding hydrogens is 370 g/mol. The molecule has 0 heterocycles. The summed E-state index contributed by atoms with van der Waals surface area (Å²) in [7, 11) is -1.71. The third-order valence-electron chi connectivity index (χ3n) is 4.23. The normalized spacial score (nSPS) is 16.1. The summed E-state index contributed by atoms with van der Waals surface area (Å²) in [5.41, 5.74) is 0.286. The first-order valence-corrected chi connectivity index (χ1v) is 9.02. The number of allylic oxidation sites excluding steroid dienone is 2. The minimum Gasteiger partial charge on any atom is -0.426 e. The van der Waals surface area contributed by atoms with E-state index in [9.17, 15) is 24.4 Å². The van der Waals surface area contributed by atoms with Gasteiger partial charge in [0.05, 0.1) is 5.94 Å². The Morgan fingerprint density at radius 2 is 1.67 bits per heavy atom. The van der Waals surface area contributed by atoms with Gasteiger partial charge in [0.1, 0.15) is 16.8 Å². The number of halogens is 1. The number of fused-ring (bicyclic) bond motifs is 1. The zero-order chi connectivity index (χ0) is 20.3. The molecular formula is C18H22BClN2O5. The molecule has 1 aliphatic rings. The van der Waals surface area contributed by atoms with E-state index in [1.165, 1.54) is 19.1 Å². The van der Waals surface area contributed by atoms with Crippen LogP contribution < -0.4 is 10.6 Å². The molecule has 1 aromatic rings. The Morgan fingerprint density at radius 1 is 1.11 bits per heavy atom. The van der Waals surface area contributed by atoms with Gasteiger partial charge in [-0.15, -0.1) is 0 Å². The monoisotopic (exact) mass is 392 g/mol. The van der Waals surface area contributed by atoms with E-state index in [4.69, 9.17) is 11.6 Å². The van der Waals surface area contributed by atoms with Crippen LogP contribution in [0.1, 0.15) is 47.9 Å². The lowest BCUT2D eigenvalue weighted by molar-refractivity contribution is -0.123. The molecule has 0 bridgehead atoms. The Morgan fingerprint density at radius 3 is 2.19 bits per heavy atom. The maximum absolute atomic E-state index is 12.6. The number of ketones is 2. The summed E-state index contributed by atoms with van der Waals surface area (Å²) in [4.78, 5) is 37.4. The van der Waals surface area contributed by atoms with Crippen LogP contribution in [0.2, 0.25) is 0 Å². The van der Waals surface area contributed by atoms with Crippen molar-refractivity contribution in [2.24, 2.45) is 5.92 Å². The number of carbonyl (C=O) groups excluding carboxylic acids is 3. The summed E-state index contributed by atoms with van der Waals surface area (Å²) in [5.74, 6) is -2.24. The number of carbonyl (C=O) groups is 3. The predicted molar refractivity (Wildman–Crippen MR) is 102 cm³/mol. The number of hydrogen-bond donors (Lipinski definition) is 4. The van der Waals surface area contributed by atoms with Crippen molar-refractivity contribution in [3.05, 3.63) is 46.1 Å². The Balaban J connectivity index is 2.16. The van der Waals surface area contributed by atoms with Gasteiger partial charge in [0.15, 0.2) is 0 Å². The molecule has 1 amide bonds. The second kappa shape index (κ2) is 8.69. The third kappa shape index (κ3) is 4.77. The van der Waals surface area contributed by atoms with Crippen LogP contribution in [0.4, 0.5) is 0 Å². The maximum Gasteiger partial charge on any atom is 0.475 e. The summed E-state index contributed by atoms with van der Waals surface area (Å²) in [6.07, 6.45) is 0.365. The zero-order valence-corrected chi connectivity index (χ0v) is 16.1. The Kier molecular flexibility index (Phi) is 6.81. The molecule has 2 rings (SSSR count). The molecule has 7 nitrogen and oxygen atoms in total. The number of nitrogens with one attached hydrogen (secondary N) is 2. The number of amides is 1. The zero-order valence-electron chi connectivity index (χ0n) is 15.3. The van der Waals surface area contributed by atoms with E-state index < -0.39 is 36.6 Å². The second-order valence-corrected chi connectivity index (χ2v) is 7.30. The highest BCUT2D eigenvalue weighted by Crippen LogP contribution is 2.27. The van der Waals surface area contributed by atoms with Crippen LogP contribution in [-0.2, 0) is 4.79 Å². The molecule has 0 aromatic heterocycles. The predicted octanol–water partition coefficient (Wildman–Crippen LogP) is 1.04. The van der Waals surface area contributed by atoms with Crippen molar-refractivity contribution in [1.29, 1.82) is 0 Å². The summed E-state index contributed by atoms with van der Waals surface area (Å²) in [6.45, 7) is 5.26. The number of rotatable bonds is 7. The molecule has 27 heavy (non-hydrogen) atoms. The molecule has 4 N–H and O–H groups in total. The van der Waals surface area contributed by atoms with Gasteiger partial charge in [-0.05, 0) is 19.3 Å². The summed E-state index contributed by atoms with van der Waals surface area (Å²) >= 11 is 6.06. The van der Waals surface area contributed by atoms with Gasteiger partial charge in [0, 0.05) is 11.1 Å². The highest BCUT2D eigenvalue weighted by Gasteiger charge is 2.33. The van der Waals surface area contributed by atoms with E-state index in [0.29, 0.717) is 6.42 Å². The average Bonchev–Trinajstić information content (AvgIpc) is 2.62. The van der Waals surface area contributed by atoms with Gasteiger partial charge in [0.25, 0.3) is 0 Å². The van der Waals surface area contributed by atoms with Gasteiger partial charge in [0.2, 0.25) is 17.5 Å². The lowest BCUT2D eigenvalue weighted by Gasteiger charge is -2.25. The third-order valence-corrected chi connectivity index (χ3v) is 4.59. The van der Waals surface area contributed by atoms with E-state index in [0.717, 1.165) is 0 Å². The first-order valence-electron chi connectivity index (χ1n) is 8.64. The van der Waals surface area contributed by atoms with E-state index in [2.05, 4.69) is 10.6 Å². The molecule has 0 radical (unpaired) electrons. The smallest absolute Gasteiger partial charge is 0.426 e. The van der Waals surface area contributed by atoms with Gasteiger partial charge in [-0.3, -0.25) is 14.4 Å². The Labute approximate surface area is 162 Å². The fraction of sp³-hybridized carbons (Fsp3) is 0.389. The van der Waals surface area contributed by atoms with Crippen LogP contribution in [-0.4, -0.2) is 46.6 Å². The molecule has 0 spiro atoms. The van der Waals surface area contributed by atoms with Crippen LogP contribution in [0.5, 0.6) is 0 Å². The van der Waals surface area contributed by atoms with Crippen molar-refractivity contribution in [1.82, 2.24) is 10.6 Å². The Hall–Kier alpha value is -2.16. The highest BCUT2D eigenvalue weighted by atomic mass is 35.5. The molecule has 0 unspecified atom stereocenters. The van der Waals surface area contributed by atoms with Crippen molar-refractivity contribution in [3.8, 4) is 0 Å². The SMILES string of the molecule is CC(C)C[C@H](NC(=O)[C@H](C)NC1=C(Cl)C(=O)c2ccccc2C1=O)B(O)O. The molecule has 0 saturated heterocycles. The molecule has 0 aliphatic heterocycles. The van der Waals surface area contributed by atoms with Gasteiger partial charge >= 0.3 is 7.12 Å². The van der Waals surface area contributed by atoms with Gasteiger partial charge < -0.3 is 20.7 Å². The molecule has 9 heteroatoms. The van der Waals surface area contributed by atoms with Crippen LogP contribution in [0.15, 0.2) is 35.0 Å². The molecule has 144 valence electrons. The van der Waals surface area contributed by atoms with Gasteiger partial charge in [-0.25, -0.2) is 0 Å². The number of benzene rings is 1. The average molecular weight is 393 g/mol. The topological polar surface area (TPSA) is 116 Å². The first-order chi connectivity index (χ1) is 12.6. The minimum absolute atomic E-state index is 0.131. The van der Waals surface area contributed by atoms with E-state index >= 15 is 0 Å². The molecule has 1 aromatic carbocycles. The van der Waals surface area contributed by atoms with Crippen LogP contribution in [0.25, 0.3) is 0 Å². The first kappa shape index (κ1) is 21.1. The lowest BCUT2D eigenvalue weighted by Crippen LogP contribution is -2.53. The Bertz CT molecular complexity index is 794. The fourth-order valence-corrected chi connectivity index (χ4v) is 3.07. The van der Waals surface area contributed by atoms with E-state index in [1.807, 2.05) is 13.8 Å². The van der Waals surface area contributed by atoms with Crippen molar-refractivity contribution in [2.75, 3.05) is 0 Å². The highest BCUT2D eigenvalue weighted by molar-refractivity contribution is 6.50. The van der Waals surface area contributed by atoms with Gasteiger partial charge in [-0.1, -0.05) is 49.7 Å². The fourth-order valence-electron chi connectivity index (χ4n) is 2.83. The van der Waals surface area contributed by atoms with Crippen molar-refractivity contribution in [3.63, 3.8) is 0 Å². The lowest BCUT2D eigenvalue weighted by atomic mass is 9.75. The molecule has 0 saturated carbocycles. The second-order valence-electron chi connectivity index (χ2n) is 6.92. The van der Waals surface area contributed by atoms with Crippen LogP contribution >= 0.6 is 11.6 Å². The molecule has 0 fully saturated rings. The summed E-state index contributed by atoms with van der Waals surface area (Å²) in [6, 6.07) is 5.38. The minimum atomic E-state index is -1.71. The summed E-state index contributed by atoms with van der Waals surface area (Å²) < 4.78 is 0.